The maximum atomic E-state index is 10.9. The van der Waals surface area contributed by atoms with Gasteiger partial charge in [-0.15, -0.1) is 0 Å². The van der Waals surface area contributed by atoms with E-state index in [0.717, 1.165) is 22.5 Å². The monoisotopic (exact) mass is 366 g/mol. The largest absolute Gasteiger partial charge is 0.389 e. The van der Waals surface area contributed by atoms with Crippen molar-refractivity contribution in [2.24, 2.45) is 0 Å². The highest BCUT2D eigenvalue weighted by atomic mass is 16.6. The summed E-state index contributed by atoms with van der Waals surface area (Å²) in [6.07, 6.45) is 1.93. The average molecular weight is 366 g/mol. The molecule has 0 bridgehead atoms. The van der Waals surface area contributed by atoms with Gasteiger partial charge in [0.15, 0.2) is 0 Å². The predicted octanol–water partition coefficient (Wildman–Crippen LogP) is 3.31. The molecule has 0 saturated heterocycles. The van der Waals surface area contributed by atoms with Crippen molar-refractivity contribution >= 4 is 5.69 Å². The molecule has 0 amide bonds. The third-order valence-corrected chi connectivity index (χ3v) is 4.04. The van der Waals surface area contributed by atoms with Crippen molar-refractivity contribution in [3.05, 3.63) is 76.5 Å². The molecule has 1 aromatic heterocycles. The highest BCUT2D eigenvalue weighted by molar-refractivity contribution is 5.64. The van der Waals surface area contributed by atoms with Gasteiger partial charge in [0.2, 0.25) is 0 Å². The van der Waals surface area contributed by atoms with E-state index in [-0.39, 0.29) is 5.69 Å². The van der Waals surface area contributed by atoms with Crippen LogP contribution in [0.1, 0.15) is 19.4 Å². The van der Waals surface area contributed by atoms with E-state index in [1.165, 1.54) is 12.1 Å². The first-order valence-electron chi connectivity index (χ1n) is 8.65. The Balaban J connectivity index is 1.94. The number of hydrogen-bond donors (Lipinski definition) is 2. The topological polar surface area (TPSA) is 93.2 Å². The van der Waals surface area contributed by atoms with Crippen LogP contribution in [0.15, 0.2) is 60.8 Å². The predicted molar refractivity (Wildman–Crippen MR) is 104 cm³/mol. The average Bonchev–Trinajstić information content (AvgIpc) is 3.05. The summed E-state index contributed by atoms with van der Waals surface area (Å²) in [5, 5.41) is 28.7. The zero-order valence-corrected chi connectivity index (χ0v) is 15.3. The summed E-state index contributed by atoms with van der Waals surface area (Å²) in [6.45, 7) is 4.43. The number of hydrogen-bond acceptors (Lipinski definition) is 5. The number of nitrogens with one attached hydrogen (secondary N) is 1. The highest BCUT2D eigenvalue weighted by Gasteiger charge is 2.16. The second-order valence-corrected chi connectivity index (χ2v) is 7.00. The molecule has 2 aromatic carbocycles. The number of rotatable bonds is 7. The fourth-order valence-electron chi connectivity index (χ4n) is 2.74. The maximum absolute atomic E-state index is 10.9. The summed E-state index contributed by atoms with van der Waals surface area (Å²) in [6, 6.07) is 16.1. The van der Waals surface area contributed by atoms with Crippen LogP contribution in [-0.4, -0.2) is 32.0 Å². The fraction of sp³-hybridized carbons (Fsp3) is 0.250. The van der Waals surface area contributed by atoms with Gasteiger partial charge in [0.05, 0.1) is 21.9 Å². The van der Waals surface area contributed by atoms with E-state index in [1.54, 1.807) is 30.7 Å². The molecule has 0 unspecified atom stereocenters. The zero-order valence-electron chi connectivity index (χ0n) is 15.3. The second-order valence-electron chi connectivity index (χ2n) is 7.00. The standard InChI is InChI=1S/C20H22N4O3/c1-20(2,25)14-21-12-16-13-23(17-6-4-3-5-7-17)22-19(16)15-8-10-18(11-9-15)24(26)27/h3-11,13,21,25H,12,14H2,1-2H3. The molecule has 0 saturated carbocycles. The number of nitrogens with zero attached hydrogens (tertiary/aromatic N) is 3. The molecule has 0 aliphatic carbocycles. The van der Waals surface area contributed by atoms with Crippen LogP contribution in [-0.2, 0) is 6.54 Å². The number of aromatic nitrogens is 2. The van der Waals surface area contributed by atoms with Gasteiger partial charge in [0.25, 0.3) is 5.69 Å². The summed E-state index contributed by atoms with van der Waals surface area (Å²) in [5.41, 5.74) is 2.64. The molecule has 7 nitrogen and oxygen atoms in total. The minimum Gasteiger partial charge on any atom is -0.389 e. The molecule has 27 heavy (non-hydrogen) atoms. The van der Waals surface area contributed by atoms with Crippen LogP contribution in [0.3, 0.4) is 0 Å². The van der Waals surface area contributed by atoms with Crippen molar-refractivity contribution in [2.45, 2.75) is 26.0 Å². The Kier molecular flexibility index (Phi) is 5.34. The Morgan fingerprint density at radius 1 is 1.15 bits per heavy atom. The van der Waals surface area contributed by atoms with E-state index in [2.05, 4.69) is 10.4 Å². The van der Waals surface area contributed by atoms with E-state index in [9.17, 15) is 15.2 Å². The number of nitro groups is 1. The molecule has 2 N–H and O–H groups in total. The maximum Gasteiger partial charge on any atom is 0.269 e. The van der Waals surface area contributed by atoms with Gasteiger partial charge in [-0.05, 0) is 38.1 Å². The smallest absolute Gasteiger partial charge is 0.269 e. The third-order valence-electron chi connectivity index (χ3n) is 4.04. The van der Waals surface area contributed by atoms with Crippen LogP contribution < -0.4 is 5.32 Å². The van der Waals surface area contributed by atoms with Gasteiger partial charge < -0.3 is 10.4 Å². The van der Waals surface area contributed by atoms with Gasteiger partial charge in [-0.25, -0.2) is 4.68 Å². The molecule has 140 valence electrons. The van der Waals surface area contributed by atoms with Crippen molar-refractivity contribution in [3.63, 3.8) is 0 Å². The molecular weight excluding hydrogens is 344 g/mol. The number of para-hydroxylation sites is 1. The van der Waals surface area contributed by atoms with Crippen molar-refractivity contribution in [1.29, 1.82) is 0 Å². The van der Waals surface area contributed by atoms with E-state index >= 15 is 0 Å². The SMILES string of the molecule is CC(C)(O)CNCc1cn(-c2ccccc2)nc1-c1ccc([N+](=O)[O-])cc1. The number of benzene rings is 2. The number of non-ortho nitro benzene ring substituents is 1. The molecule has 3 aromatic rings. The van der Waals surface area contributed by atoms with Crippen LogP contribution in [0, 0.1) is 10.1 Å². The minimum atomic E-state index is -0.817. The lowest BCUT2D eigenvalue weighted by Gasteiger charge is -2.17. The first-order valence-corrected chi connectivity index (χ1v) is 8.65. The highest BCUT2D eigenvalue weighted by Crippen LogP contribution is 2.26. The molecular formula is C20H22N4O3. The second kappa shape index (κ2) is 7.69. The molecule has 3 rings (SSSR count). The van der Waals surface area contributed by atoms with Crippen LogP contribution in [0.25, 0.3) is 16.9 Å². The van der Waals surface area contributed by atoms with Gasteiger partial charge in [-0.2, -0.15) is 5.10 Å². The van der Waals surface area contributed by atoms with Gasteiger partial charge in [0, 0.05) is 42.5 Å². The molecule has 0 spiro atoms. The van der Waals surface area contributed by atoms with Crippen LogP contribution >= 0.6 is 0 Å². The Bertz CT molecular complexity index is 913. The summed E-state index contributed by atoms with van der Waals surface area (Å²) in [7, 11) is 0. The summed E-state index contributed by atoms with van der Waals surface area (Å²) in [4.78, 5) is 10.5. The first kappa shape index (κ1) is 18.8. The minimum absolute atomic E-state index is 0.0444. The fourth-order valence-corrected chi connectivity index (χ4v) is 2.74. The van der Waals surface area contributed by atoms with Crippen LogP contribution in [0.4, 0.5) is 5.69 Å². The number of nitro benzene ring substituents is 1. The summed E-state index contributed by atoms with van der Waals surface area (Å²) >= 11 is 0. The number of aliphatic hydroxyl groups is 1. The van der Waals surface area contributed by atoms with Crippen LogP contribution in [0.5, 0.6) is 0 Å². The Hall–Kier alpha value is -3.03. The third kappa shape index (κ3) is 4.78. The van der Waals surface area contributed by atoms with E-state index in [4.69, 9.17) is 0 Å². The van der Waals surface area contributed by atoms with E-state index in [0.29, 0.717) is 13.1 Å². The van der Waals surface area contributed by atoms with E-state index < -0.39 is 10.5 Å². The molecule has 0 aliphatic heterocycles. The van der Waals surface area contributed by atoms with E-state index in [1.807, 2.05) is 36.5 Å². The van der Waals surface area contributed by atoms with Crippen LogP contribution in [0.2, 0.25) is 0 Å². The van der Waals surface area contributed by atoms with Gasteiger partial charge >= 0.3 is 0 Å². The first-order chi connectivity index (χ1) is 12.8. The van der Waals surface area contributed by atoms with Crippen molar-refractivity contribution < 1.29 is 10.0 Å². The lowest BCUT2D eigenvalue weighted by atomic mass is 10.1. The summed E-state index contributed by atoms with van der Waals surface area (Å²) in [5.74, 6) is 0. The van der Waals surface area contributed by atoms with Crippen molar-refractivity contribution in [3.8, 4) is 16.9 Å². The molecule has 0 aliphatic rings. The molecule has 0 radical (unpaired) electrons. The molecule has 7 heteroatoms. The molecule has 1 heterocycles. The lowest BCUT2D eigenvalue weighted by Crippen LogP contribution is -2.34. The quantitative estimate of drug-likeness (QED) is 0.494. The van der Waals surface area contributed by atoms with Crippen molar-refractivity contribution in [1.82, 2.24) is 15.1 Å². The summed E-state index contributed by atoms with van der Waals surface area (Å²) < 4.78 is 1.79. The van der Waals surface area contributed by atoms with Gasteiger partial charge in [-0.1, -0.05) is 18.2 Å². The molecule has 0 atom stereocenters. The normalized spacial score (nSPS) is 11.5. The van der Waals surface area contributed by atoms with Gasteiger partial charge in [-0.3, -0.25) is 10.1 Å². The van der Waals surface area contributed by atoms with Crippen molar-refractivity contribution in [2.75, 3.05) is 6.54 Å². The molecule has 0 fully saturated rings. The van der Waals surface area contributed by atoms with Gasteiger partial charge in [0.1, 0.15) is 0 Å². The Labute approximate surface area is 157 Å². The zero-order chi connectivity index (χ0) is 19.4. The Morgan fingerprint density at radius 3 is 2.41 bits per heavy atom. The Morgan fingerprint density at radius 2 is 1.81 bits per heavy atom. The lowest BCUT2D eigenvalue weighted by molar-refractivity contribution is -0.384.